The van der Waals surface area contributed by atoms with E-state index in [0.717, 1.165) is 22.3 Å². The Bertz CT molecular complexity index is 389. The third-order valence-corrected chi connectivity index (χ3v) is 1.70. The van der Waals surface area contributed by atoms with Crippen molar-refractivity contribution in [2.24, 2.45) is 0 Å². The Kier molecular flexibility index (Phi) is 1.12. The Labute approximate surface area is 64.2 Å². The third kappa shape index (κ3) is 0.852. The molecule has 3 N–H and O–H groups in total. The van der Waals surface area contributed by atoms with Crippen LogP contribution in [0.4, 0.5) is 5.69 Å². The van der Waals surface area contributed by atoms with Crippen molar-refractivity contribution >= 4 is 16.7 Å². The van der Waals surface area contributed by atoms with E-state index in [-0.39, 0.29) is 0 Å². The average Bonchev–Trinajstić information content (AvgIpc) is 2.33. The summed E-state index contributed by atoms with van der Waals surface area (Å²) in [5.74, 6) is 0. The van der Waals surface area contributed by atoms with Crippen LogP contribution >= 0.6 is 0 Å². The molecule has 0 bridgehead atoms. The number of nitrogen functional groups attached to an aromatic ring is 1. The van der Waals surface area contributed by atoms with Crippen molar-refractivity contribution in [1.29, 1.82) is 0 Å². The fourth-order valence-electron chi connectivity index (χ4n) is 1.13. The van der Waals surface area contributed by atoms with Gasteiger partial charge in [-0.25, -0.2) is 4.98 Å². The van der Waals surface area contributed by atoms with E-state index in [1.807, 2.05) is 19.2 Å². The number of pyridine rings is 1. The second kappa shape index (κ2) is 1.99. The fourth-order valence-corrected chi connectivity index (χ4v) is 1.13. The van der Waals surface area contributed by atoms with Crippen LogP contribution in [-0.4, -0.2) is 9.97 Å². The topological polar surface area (TPSA) is 54.7 Å². The van der Waals surface area contributed by atoms with Gasteiger partial charge in [-0.15, -0.1) is 0 Å². The number of aryl methyl sites for hydroxylation is 1. The van der Waals surface area contributed by atoms with E-state index < -0.39 is 0 Å². The number of hydrogen-bond acceptors (Lipinski definition) is 2. The van der Waals surface area contributed by atoms with Crippen LogP contribution in [0.2, 0.25) is 0 Å². The molecule has 3 heteroatoms. The first-order valence-corrected chi connectivity index (χ1v) is 3.46. The van der Waals surface area contributed by atoms with Crippen LogP contribution in [0.3, 0.4) is 0 Å². The van der Waals surface area contributed by atoms with Crippen LogP contribution in [0.5, 0.6) is 0 Å². The Morgan fingerprint density at radius 2 is 2.36 bits per heavy atom. The highest BCUT2D eigenvalue weighted by Gasteiger charge is 1.99. The zero-order valence-corrected chi connectivity index (χ0v) is 6.26. The molecule has 0 saturated carbocycles. The van der Waals surface area contributed by atoms with Gasteiger partial charge in [-0.2, -0.15) is 0 Å². The van der Waals surface area contributed by atoms with Gasteiger partial charge >= 0.3 is 0 Å². The monoisotopic (exact) mass is 147 g/mol. The highest BCUT2D eigenvalue weighted by Crippen LogP contribution is 2.18. The van der Waals surface area contributed by atoms with E-state index in [0.29, 0.717) is 0 Å². The number of nitrogens with one attached hydrogen (secondary N) is 1. The largest absolute Gasteiger partial charge is 0.397 e. The summed E-state index contributed by atoms with van der Waals surface area (Å²) >= 11 is 0. The minimum absolute atomic E-state index is 0.760. The molecule has 2 aromatic heterocycles. The number of hydrogen-bond donors (Lipinski definition) is 2. The first-order valence-electron chi connectivity index (χ1n) is 3.46. The van der Waals surface area contributed by atoms with Gasteiger partial charge in [0.2, 0.25) is 0 Å². The molecule has 0 amide bonds. The van der Waals surface area contributed by atoms with Crippen molar-refractivity contribution in [3.05, 3.63) is 24.0 Å². The van der Waals surface area contributed by atoms with Crippen LogP contribution in [0.1, 0.15) is 5.56 Å². The van der Waals surface area contributed by atoms with Gasteiger partial charge in [0.25, 0.3) is 0 Å². The SMILES string of the molecule is Cc1cnc2[nH]cc(N)c2c1. The number of fused-ring (bicyclic) bond motifs is 1. The van der Waals surface area contributed by atoms with E-state index in [1.165, 1.54) is 0 Å². The summed E-state index contributed by atoms with van der Waals surface area (Å²) in [5, 5.41) is 1.00. The van der Waals surface area contributed by atoms with Crippen LogP contribution in [0.15, 0.2) is 18.5 Å². The van der Waals surface area contributed by atoms with Gasteiger partial charge in [-0.1, -0.05) is 0 Å². The molecule has 0 spiro atoms. The smallest absolute Gasteiger partial charge is 0.139 e. The summed E-state index contributed by atoms with van der Waals surface area (Å²) in [6, 6.07) is 2.02. The van der Waals surface area contributed by atoms with Gasteiger partial charge in [0.15, 0.2) is 0 Å². The quantitative estimate of drug-likeness (QED) is 0.592. The van der Waals surface area contributed by atoms with Crippen molar-refractivity contribution in [3.8, 4) is 0 Å². The first-order chi connectivity index (χ1) is 5.27. The number of aromatic nitrogens is 2. The minimum atomic E-state index is 0.760. The number of anilines is 1. The number of nitrogens with two attached hydrogens (primary N) is 1. The number of aromatic amines is 1. The Balaban J connectivity index is 2.87. The lowest BCUT2D eigenvalue weighted by Gasteiger charge is -1.91. The third-order valence-electron chi connectivity index (χ3n) is 1.70. The van der Waals surface area contributed by atoms with E-state index in [1.54, 1.807) is 6.20 Å². The van der Waals surface area contributed by atoms with Crippen LogP contribution in [0, 0.1) is 6.92 Å². The lowest BCUT2D eigenvalue weighted by Crippen LogP contribution is -1.82. The molecule has 0 aliphatic carbocycles. The van der Waals surface area contributed by atoms with Gasteiger partial charge in [0.05, 0.1) is 5.69 Å². The minimum Gasteiger partial charge on any atom is -0.397 e. The molecule has 0 atom stereocenters. The summed E-state index contributed by atoms with van der Waals surface area (Å²) in [6.45, 7) is 2.00. The van der Waals surface area contributed by atoms with Crippen LogP contribution < -0.4 is 5.73 Å². The van der Waals surface area contributed by atoms with Gasteiger partial charge in [-0.3, -0.25) is 0 Å². The predicted molar refractivity (Wildman–Crippen MR) is 45.2 cm³/mol. The van der Waals surface area contributed by atoms with Gasteiger partial charge in [0.1, 0.15) is 5.65 Å². The maximum absolute atomic E-state index is 5.67. The Morgan fingerprint density at radius 3 is 3.18 bits per heavy atom. The molecular formula is C8H9N3. The zero-order chi connectivity index (χ0) is 7.84. The molecule has 2 aromatic rings. The molecule has 0 fully saturated rings. The van der Waals surface area contributed by atoms with Gasteiger partial charge in [-0.05, 0) is 18.6 Å². The van der Waals surface area contributed by atoms with Crippen molar-refractivity contribution < 1.29 is 0 Å². The standard InChI is InChI=1S/C8H9N3/c1-5-2-6-7(9)4-11-8(6)10-3-5/h2-4H,9H2,1H3,(H,10,11). The normalized spacial score (nSPS) is 10.6. The Morgan fingerprint density at radius 1 is 1.55 bits per heavy atom. The highest BCUT2D eigenvalue weighted by atomic mass is 14.9. The second-order valence-electron chi connectivity index (χ2n) is 2.65. The van der Waals surface area contributed by atoms with Crippen molar-refractivity contribution in [2.75, 3.05) is 5.73 Å². The lowest BCUT2D eigenvalue weighted by atomic mass is 10.2. The zero-order valence-electron chi connectivity index (χ0n) is 6.26. The summed E-state index contributed by atoms with van der Waals surface area (Å²) < 4.78 is 0. The maximum Gasteiger partial charge on any atom is 0.139 e. The molecule has 56 valence electrons. The molecule has 0 radical (unpaired) electrons. The number of H-pyrrole nitrogens is 1. The van der Waals surface area contributed by atoms with Gasteiger partial charge in [0, 0.05) is 17.8 Å². The summed E-state index contributed by atoms with van der Waals surface area (Å²) in [4.78, 5) is 7.14. The second-order valence-corrected chi connectivity index (χ2v) is 2.65. The molecule has 2 heterocycles. The van der Waals surface area contributed by atoms with Crippen molar-refractivity contribution in [2.45, 2.75) is 6.92 Å². The first kappa shape index (κ1) is 6.22. The molecule has 2 rings (SSSR count). The molecule has 3 nitrogen and oxygen atoms in total. The van der Waals surface area contributed by atoms with Crippen molar-refractivity contribution in [1.82, 2.24) is 9.97 Å². The van der Waals surface area contributed by atoms with E-state index in [4.69, 9.17) is 5.73 Å². The fraction of sp³-hybridized carbons (Fsp3) is 0.125. The summed E-state index contributed by atoms with van der Waals surface area (Å²) in [5.41, 5.74) is 8.42. The van der Waals surface area contributed by atoms with Crippen LogP contribution in [0.25, 0.3) is 11.0 Å². The summed E-state index contributed by atoms with van der Waals surface area (Å²) in [7, 11) is 0. The average molecular weight is 147 g/mol. The lowest BCUT2D eigenvalue weighted by molar-refractivity contribution is 1.29. The predicted octanol–water partition coefficient (Wildman–Crippen LogP) is 1.45. The molecule has 0 aromatic carbocycles. The molecular weight excluding hydrogens is 138 g/mol. The highest BCUT2D eigenvalue weighted by molar-refractivity contribution is 5.88. The molecule has 0 aliphatic rings. The maximum atomic E-state index is 5.67. The number of rotatable bonds is 0. The molecule has 0 unspecified atom stereocenters. The Hall–Kier alpha value is -1.51. The van der Waals surface area contributed by atoms with Crippen LogP contribution in [-0.2, 0) is 0 Å². The summed E-state index contributed by atoms with van der Waals surface area (Å²) in [6.07, 6.45) is 3.58. The molecule has 11 heavy (non-hydrogen) atoms. The molecule has 0 saturated heterocycles. The van der Waals surface area contributed by atoms with E-state index in [9.17, 15) is 0 Å². The van der Waals surface area contributed by atoms with Gasteiger partial charge < -0.3 is 10.7 Å². The van der Waals surface area contributed by atoms with E-state index >= 15 is 0 Å². The van der Waals surface area contributed by atoms with Crippen molar-refractivity contribution in [3.63, 3.8) is 0 Å². The van der Waals surface area contributed by atoms with E-state index in [2.05, 4.69) is 9.97 Å². The molecule has 0 aliphatic heterocycles. The number of nitrogens with zero attached hydrogens (tertiary/aromatic N) is 1.